The van der Waals surface area contributed by atoms with E-state index in [-0.39, 0.29) is 6.04 Å². The number of nitrogens with two attached hydrogens (primary N) is 1. The van der Waals surface area contributed by atoms with Crippen LogP contribution in [0.3, 0.4) is 0 Å². The van der Waals surface area contributed by atoms with Crippen LogP contribution in [0.5, 0.6) is 0 Å². The monoisotopic (exact) mass is 234 g/mol. The van der Waals surface area contributed by atoms with Crippen molar-refractivity contribution in [3.8, 4) is 0 Å². The van der Waals surface area contributed by atoms with Gasteiger partial charge in [-0.15, -0.1) is 0 Å². The van der Waals surface area contributed by atoms with Gasteiger partial charge in [-0.1, -0.05) is 6.92 Å². The van der Waals surface area contributed by atoms with Crippen LogP contribution < -0.4 is 5.73 Å². The van der Waals surface area contributed by atoms with Crippen LogP contribution in [0.1, 0.15) is 20.3 Å². The van der Waals surface area contributed by atoms with Crippen molar-refractivity contribution in [3.63, 3.8) is 0 Å². The Morgan fingerprint density at radius 2 is 2.20 bits per heavy atom. The number of nitrogens with zero attached hydrogens (tertiary/aromatic N) is 1. The van der Waals surface area contributed by atoms with E-state index in [0.29, 0.717) is 30.5 Å². The minimum atomic E-state index is -2.78. The van der Waals surface area contributed by atoms with Crippen molar-refractivity contribution in [2.75, 3.05) is 31.1 Å². The maximum absolute atomic E-state index is 11.4. The molecule has 90 valence electrons. The molecule has 1 aliphatic heterocycles. The molecule has 0 aromatic rings. The Morgan fingerprint density at radius 3 is 2.73 bits per heavy atom. The lowest BCUT2D eigenvalue weighted by Crippen LogP contribution is -2.48. The fourth-order valence-corrected chi connectivity index (χ4v) is 3.71. The van der Waals surface area contributed by atoms with E-state index in [9.17, 15) is 8.42 Å². The minimum absolute atomic E-state index is 0.156. The van der Waals surface area contributed by atoms with Crippen LogP contribution in [0.25, 0.3) is 0 Å². The molecule has 0 amide bonds. The van der Waals surface area contributed by atoms with Crippen LogP contribution in [0.15, 0.2) is 0 Å². The lowest BCUT2D eigenvalue weighted by Gasteiger charge is -2.34. The average molecular weight is 234 g/mol. The second kappa shape index (κ2) is 5.27. The Morgan fingerprint density at radius 1 is 1.53 bits per heavy atom. The summed E-state index contributed by atoms with van der Waals surface area (Å²) in [6.07, 6.45) is 1.01. The third-order valence-corrected chi connectivity index (χ3v) is 4.81. The molecule has 1 rings (SSSR count). The third-order valence-electron chi connectivity index (χ3n) is 3.01. The smallest absolute Gasteiger partial charge is 0.153 e. The molecule has 15 heavy (non-hydrogen) atoms. The zero-order valence-electron chi connectivity index (χ0n) is 9.65. The van der Waals surface area contributed by atoms with E-state index in [0.717, 1.165) is 13.0 Å². The van der Waals surface area contributed by atoms with Crippen LogP contribution in [0, 0.1) is 5.92 Å². The molecule has 2 N–H and O–H groups in total. The van der Waals surface area contributed by atoms with Gasteiger partial charge in [-0.25, -0.2) is 8.42 Å². The predicted octanol–water partition coefficient (Wildman–Crippen LogP) is 0.0902. The summed E-state index contributed by atoms with van der Waals surface area (Å²) < 4.78 is 22.7. The van der Waals surface area contributed by atoms with Gasteiger partial charge in [0.05, 0.1) is 11.5 Å². The molecule has 1 saturated heterocycles. The fourth-order valence-electron chi connectivity index (χ4n) is 2.08. The van der Waals surface area contributed by atoms with Crippen LogP contribution in [-0.4, -0.2) is 50.5 Å². The molecule has 0 saturated carbocycles. The molecule has 0 aromatic heterocycles. The van der Waals surface area contributed by atoms with Crippen molar-refractivity contribution >= 4 is 9.84 Å². The van der Waals surface area contributed by atoms with Crippen LogP contribution >= 0.6 is 0 Å². The minimum Gasteiger partial charge on any atom is -0.330 e. The van der Waals surface area contributed by atoms with Gasteiger partial charge < -0.3 is 5.73 Å². The van der Waals surface area contributed by atoms with E-state index >= 15 is 0 Å². The maximum Gasteiger partial charge on any atom is 0.153 e. The summed E-state index contributed by atoms with van der Waals surface area (Å²) in [5.74, 6) is 1.17. The van der Waals surface area contributed by atoms with Gasteiger partial charge in [-0.3, -0.25) is 4.90 Å². The van der Waals surface area contributed by atoms with Crippen molar-refractivity contribution in [2.45, 2.75) is 26.3 Å². The first-order chi connectivity index (χ1) is 6.94. The van der Waals surface area contributed by atoms with Crippen LogP contribution in [0.2, 0.25) is 0 Å². The molecule has 1 aliphatic rings. The summed E-state index contributed by atoms with van der Waals surface area (Å²) >= 11 is 0. The summed E-state index contributed by atoms with van der Waals surface area (Å²) in [4.78, 5) is 2.27. The van der Waals surface area contributed by atoms with Crippen molar-refractivity contribution in [2.24, 2.45) is 11.7 Å². The highest BCUT2D eigenvalue weighted by molar-refractivity contribution is 7.91. The molecule has 0 aliphatic carbocycles. The van der Waals surface area contributed by atoms with Gasteiger partial charge in [0.25, 0.3) is 0 Å². The largest absolute Gasteiger partial charge is 0.330 e. The van der Waals surface area contributed by atoms with Gasteiger partial charge in [0.1, 0.15) is 0 Å². The van der Waals surface area contributed by atoms with Gasteiger partial charge in [0.15, 0.2) is 9.84 Å². The highest BCUT2D eigenvalue weighted by Crippen LogP contribution is 2.14. The summed E-state index contributed by atoms with van der Waals surface area (Å²) in [7, 11) is -2.78. The molecule has 2 unspecified atom stereocenters. The molecular formula is C10H22N2O2S. The summed E-state index contributed by atoms with van der Waals surface area (Å²) in [6, 6.07) is 0.156. The van der Waals surface area contributed by atoms with Crippen molar-refractivity contribution in [3.05, 3.63) is 0 Å². The molecular weight excluding hydrogens is 212 g/mol. The first-order valence-corrected chi connectivity index (χ1v) is 7.41. The quantitative estimate of drug-likeness (QED) is 0.749. The van der Waals surface area contributed by atoms with Gasteiger partial charge in [-0.05, 0) is 25.8 Å². The van der Waals surface area contributed by atoms with E-state index in [4.69, 9.17) is 5.73 Å². The van der Waals surface area contributed by atoms with Crippen LogP contribution in [0.4, 0.5) is 0 Å². The molecule has 1 heterocycles. The van der Waals surface area contributed by atoms with E-state index in [1.807, 2.05) is 6.92 Å². The highest BCUT2D eigenvalue weighted by atomic mass is 32.2. The maximum atomic E-state index is 11.4. The summed E-state index contributed by atoms with van der Waals surface area (Å²) in [5.41, 5.74) is 5.50. The molecule has 2 atom stereocenters. The van der Waals surface area contributed by atoms with Gasteiger partial charge in [0.2, 0.25) is 0 Å². The Kier molecular flexibility index (Phi) is 4.55. The van der Waals surface area contributed by atoms with Crippen molar-refractivity contribution in [1.29, 1.82) is 0 Å². The SMILES string of the molecule is CC(CCN)CN1CCS(=O)(=O)CC1C. The third kappa shape index (κ3) is 4.09. The lowest BCUT2D eigenvalue weighted by atomic mass is 10.1. The molecule has 5 heteroatoms. The molecule has 0 spiro atoms. The van der Waals surface area contributed by atoms with E-state index in [1.165, 1.54) is 0 Å². The van der Waals surface area contributed by atoms with E-state index in [2.05, 4.69) is 11.8 Å². The summed E-state index contributed by atoms with van der Waals surface area (Å²) in [5, 5.41) is 0. The second-order valence-corrected chi connectivity index (χ2v) is 6.87. The fraction of sp³-hybridized carbons (Fsp3) is 1.00. The summed E-state index contributed by atoms with van der Waals surface area (Å²) in [6.45, 7) is 6.52. The number of hydrogen-bond acceptors (Lipinski definition) is 4. The second-order valence-electron chi connectivity index (χ2n) is 4.64. The van der Waals surface area contributed by atoms with Gasteiger partial charge >= 0.3 is 0 Å². The Balaban J connectivity index is 2.44. The number of hydrogen-bond donors (Lipinski definition) is 1. The highest BCUT2D eigenvalue weighted by Gasteiger charge is 2.28. The van der Waals surface area contributed by atoms with Gasteiger partial charge in [0, 0.05) is 19.1 Å². The van der Waals surface area contributed by atoms with Crippen molar-refractivity contribution < 1.29 is 8.42 Å². The Hall–Kier alpha value is -0.130. The van der Waals surface area contributed by atoms with E-state index in [1.54, 1.807) is 0 Å². The van der Waals surface area contributed by atoms with Gasteiger partial charge in [-0.2, -0.15) is 0 Å². The first-order valence-electron chi connectivity index (χ1n) is 5.59. The normalized spacial score (nSPS) is 28.9. The molecule has 0 bridgehead atoms. The Labute approximate surface area is 92.7 Å². The topological polar surface area (TPSA) is 63.4 Å². The number of sulfone groups is 1. The Bertz CT molecular complexity index is 290. The lowest BCUT2D eigenvalue weighted by molar-refractivity contribution is 0.194. The molecule has 0 aromatic carbocycles. The first kappa shape index (κ1) is 12.9. The van der Waals surface area contributed by atoms with E-state index < -0.39 is 9.84 Å². The molecule has 1 fully saturated rings. The number of rotatable bonds is 4. The standard InChI is InChI=1S/C10H22N2O2S/c1-9(3-4-11)7-12-5-6-15(13,14)8-10(12)2/h9-10H,3-8,11H2,1-2H3. The molecule has 4 nitrogen and oxygen atoms in total. The zero-order chi connectivity index (χ0) is 11.5. The average Bonchev–Trinajstić information content (AvgIpc) is 2.10. The zero-order valence-corrected chi connectivity index (χ0v) is 10.5. The molecule has 0 radical (unpaired) electrons. The van der Waals surface area contributed by atoms with Crippen LogP contribution in [-0.2, 0) is 9.84 Å². The van der Waals surface area contributed by atoms with Crippen molar-refractivity contribution in [1.82, 2.24) is 4.90 Å². The predicted molar refractivity (Wildman–Crippen MR) is 62.5 cm³/mol.